The van der Waals surface area contributed by atoms with Gasteiger partial charge in [-0.15, -0.1) is 0 Å². The first-order chi connectivity index (χ1) is 22.9. The third-order valence-electron chi connectivity index (χ3n) is 8.16. The van der Waals surface area contributed by atoms with Crippen LogP contribution in [-0.2, 0) is 20.9 Å². The van der Waals surface area contributed by atoms with E-state index < -0.39 is 17.7 Å². The van der Waals surface area contributed by atoms with Crippen molar-refractivity contribution in [1.29, 1.82) is 0 Å². The third-order valence-corrected chi connectivity index (χ3v) is 8.16. The fraction of sp³-hybridized carbons (Fsp3) is 0.568. The van der Waals surface area contributed by atoms with Gasteiger partial charge in [-0.1, -0.05) is 31.4 Å². The van der Waals surface area contributed by atoms with Crippen molar-refractivity contribution >= 4 is 23.9 Å². The molecule has 0 aromatic heterocycles. The molecule has 1 atom stereocenters. The van der Waals surface area contributed by atoms with Crippen molar-refractivity contribution in [2.75, 3.05) is 39.9 Å². The molecule has 11 heteroatoms. The van der Waals surface area contributed by atoms with Crippen molar-refractivity contribution in [1.82, 2.24) is 15.1 Å². The smallest absolute Gasteiger partial charge is 0.411 e. The summed E-state index contributed by atoms with van der Waals surface area (Å²) in [5.41, 5.74) is 1.58. The number of ether oxygens (including phenoxy) is 3. The van der Waals surface area contributed by atoms with Crippen molar-refractivity contribution in [3.8, 4) is 11.5 Å². The molecule has 1 heterocycles. The van der Waals surface area contributed by atoms with Gasteiger partial charge in [0.05, 0.1) is 20.3 Å². The minimum atomic E-state index is -0.764. The molecular weight excluding hydrogens is 614 g/mol. The number of nitrogens with zero attached hydrogens (tertiary/aromatic N) is 2. The fourth-order valence-electron chi connectivity index (χ4n) is 5.71. The normalized spacial score (nSPS) is 14.6. The van der Waals surface area contributed by atoms with Gasteiger partial charge in [0.25, 0.3) is 5.91 Å². The number of carbonyl (C=O) groups is 4. The summed E-state index contributed by atoms with van der Waals surface area (Å²) in [5, 5.41) is 11.7. The summed E-state index contributed by atoms with van der Waals surface area (Å²) in [6, 6.07) is 13.0. The quantitative estimate of drug-likeness (QED) is 0.185. The van der Waals surface area contributed by atoms with Crippen LogP contribution in [0.2, 0.25) is 0 Å². The summed E-state index contributed by atoms with van der Waals surface area (Å²) in [6.07, 6.45) is 5.58. The molecule has 1 aliphatic rings. The molecule has 3 amide bonds. The van der Waals surface area contributed by atoms with Crippen LogP contribution in [0.25, 0.3) is 0 Å². The van der Waals surface area contributed by atoms with Gasteiger partial charge in [0, 0.05) is 49.2 Å². The number of amides is 3. The number of carboxylic acid groups (broad SMARTS) is 1. The Morgan fingerprint density at radius 2 is 1.77 bits per heavy atom. The van der Waals surface area contributed by atoms with Crippen LogP contribution in [0.1, 0.15) is 106 Å². The first kappa shape index (κ1) is 38.2. The van der Waals surface area contributed by atoms with Crippen LogP contribution in [0.15, 0.2) is 42.5 Å². The second-order valence-electron chi connectivity index (χ2n) is 13.2. The van der Waals surface area contributed by atoms with Crippen molar-refractivity contribution in [2.45, 2.75) is 97.1 Å². The van der Waals surface area contributed by atoms with Crippen LogP contribution in [0.3, 0.4) is 0 Å². The molecule has 3 rings (SSSR count). The lowest BCUT2D eigenvalue weighted by molar-refractivity contribution is -0.137. The molecule has 0 radical (unpaired) electrons. The monoisotopic (exact) mass is 667 g/mol. The Bertz CT molecular complexity index is 1370. The Kier molecular flexibility index (Phi) is 15.0. The lowest BCUT2D eigenvalue weighted by Gasteiger charge is -2.35. The standard InChI is InChI=1S/C37H53N3O8/c1-6-47-32-23-31(46-5)19-18-30(32)25-40(36(45)48-37(2,3)4)26-33(41)39-21-13-16-29(24-39)27-14-12-15-28(22-27)35(44)38-20-11-9-7-8-10-17-34(42)43/h12,14-15,18-19,22-23,29H,6-11,13,16-17,20-21,24-26H2,1-5H3,(H,38,44)(H,42,43). The number of unbranched alkanes of at least 4 members (excludes halogenated alkanes) is 4. The van der Waals surface area contributed by atoms with Gasteiger partial charge in [-0.3, -0.25) is 19.3 Å². The van der Waals surface area contributed by atoms with E-state index in [2.05, 4.69) is 5.32 Å². The largest absolute Gasteiger partial charge is 0.497 e. The van der Waals surface area contributed by atoms with Crippen LogP contribution < -0.4 is 14.8 Å². The van der Waals surface area contributed by atoms with Crippen molar-refractivity contribution in [3.63, 3.8) is 0 Å². The second kappa shape index (κ2) is 18.9. The van der Waals surface area contributed by atoms with Crippen molar-refractivity contribution < 1.29 is 38.5 Å². The average Bonchev–Trinajstić information content (AvgIpc) is 3.05. The molecule has 2 aromatic carbocycles. The Labute approximate surface area is 284 Å². The molecule has 1 aliphatic heterocycles. The van der Waals surface area contributed by atoms with Gasteiger partial charge in [-0.25, -0.2) is 4.79 Å². The summed E-state index contributed by atoms with van der Waals surface area (Å²) in [6.45, 7) is 9.29. The third kappa shape index (κ3) is 12.7. The van der Waals surface area contributed by atoms with Gasteiger partial charge in [-0.05, 0) is 83.2 Å². The highest BCUT2D eigenvalue weighted by Crippen LogP contribution is 2.29. The molecule has 2 N–H and O–H groups in total. The lowest BCUT2D eigenvalue weighted by Crippen LogP contribution is -2.47. The summed E-state index contributed by atoms with van der Waals surface area (Å²) in [7, 11) is 1.58. The van der Waals surface area contributed by atoms with Gasteiger partial charge in [0.1, 0.15) is 23.6 Å². The topological polar surface area (TPSA) is 135 Å². The minimum Gasteiger partial charge on any atom is -0.497 e. The summed E-state index contributed by atoms with van der Waals surface area (Å²) >= 11 is 0. The molecule has 1 saturated heterocycles. The summed E-state index contributed by atoms with van der Waals surface area (Å²) < 4.78 is 16.9. The second-order valence-corrected chi connectivity index (χ2v) is 13.2. The zero-order valence-corrected chi connectivity index (χ0v) is 29.2. The van der Waals surface area contributed by atoms with E-state index in [1.807, 2.05) is 31.2 Å². The summed E-state index contributed by atoms with van der Waals surface area (Å²) in [4.78, 5) is 53.8. The minimum absolute atomic E-state index is 0.0578. The zero-order chi connectivity index (χ0) is 35.1. The van der Waals surface area contributed by atoms with E-state index in [0.717, 1.165) is 49.7 Å². The number of rotatable bonds is 17. The van der Waals surface area contributed by atoms with E-state index in [4.69, 9.17) is 19.3 Å². The molecule has 1 fully saturated rings. The number of carbonyl (C=O) groups excluding carboxylic acids is 3. The highest BCUT2D eigenvalue weighted by atomic mass is 16.6. The van der Waals surface area contributed by atoms with E-state index in [0.29, 0.717) is 49.7 Å². The molecule has 264 valence electrons. The van der Waals surface area contributed by atoms with Gasteiger partial charge >= 0.3 is 12.1 Å². The molecular formula is C37H53N3O8. The molecule has 48 heavy (non-hydrogen) atoms. The van der Waals surface area contributed by atoms with Gasteiger partial charge in [0.15, 0.2) is 0 Å². The Morgan fingerprint density at radius 3 is 2.48 bits per heavy atom. The van der Waals surface area contributed by atoms with E-state index in [1.165, 1.54) is 4.90 Å². The molecule has 0 saturated carbocycles. The van der Waals surface area contributed by atoms with Crippen LogP contribution in [0.5, 0.6) is 11.5 Å². The predicted molar refractivity (Wildman–Crippen MR) is 183 cm³/mol. The number of aliphatic carboxylic acids is 1. The van der Waals surface area contributed by atoms with E-state index in [1.54, 1.807) is 51.0 Å². The highest BCUT2D eigenvalue weighted by Gasteiger charge is 2.30. The Morgan fingerprint density at radius 1 is 1.02 bits per heavy atom. The number of piperidine rings is 1. The van der Waals surface area contributed by atoms with Gasteiger partial charge in [0.2, 0.25) is 5.91 Å². The maximum absolute atomic E-state index is 13.7. The Hall–Kier alpha value is -4.28. The van der Waals surface area contributed by atoms with E-state index in [9.17, 15) is 19.2 Å². The lowest BCUT2D eigenvalue weighted by atomic mass is 9.89. The van der Waals surface area contributed by atoms with E-state index in [-0.39, 0.29) is 37.2 Å². The molecule has 1 unspecified atom stereocenters. The number of benzene rings is 2. The highest BCUT2D eigenvalue weighted by molar-refractivity contribution is 5.94. The first-order valence-electron chi connectivity index (χ1n) is 17.1. The molecule has 0 aliphatic carbocycles. The number of carboxylic acids is 1. The van der Waals surface area contributed by atoms with Gasteiger partial charge < -0.3 is 29.5 Å². The van der Waals surface area contributed by atoms with Crippen molar-refractivity contribution in [2.24, 2.45) is 0 Å². The van der Waals surface area contributed by atoms with Crippen LogP contribution in [0, 0.1) is 0 Å². The zero-order valence-electron chi connectivity index (χ0n) is 29.2. The maximum Gasteiger partial charge on any atom is 0.411 e. The Balaban J connectivity index is 1.63. The maximum atomic E-state index is 13.7. The number of likely N-dealkylation sites (tertiary alicyclic amines) is 1. The first-order valence-corrected chi connectivity index (χ1v) is 17.1. The number of methoxy groups -OCH3 is 1. The molecule has 0 spiro atoms. The number of hydrogen-bond donors (Lipinski definition) is 2. The molecule has 2 aromatic rings. The molecule has 11 nitrogen and oxygen atoms in total. The van der Waals surface area contributed by atoms with E-state index >= 15 is 0 Å². The number of nitrogens with one attached hydrogen (secondary N) is 1. The fourth-order valence-corrected chi connectivity index (χ4v) is 5.71. The average molecular weight is 668 g/mol. The number of hydrogen-bond acceptors (Lipinski definition) is 7. The molecule has 0 bridgehead atoms. The van der Waals surface area contributed by atoms with Crippen molar-refractivity contribution in [3.05, 3.63) is 59.2 Å². The van der Waals surface area contributed by atoms with Gasteiger partial charge in [-0.2, -0.15) is 0 Å². The van der Waals surface area contributed by atoms with Crippen LogP contribution >= 0.6 is 0 Å². The predicted octanol–water partition coefficient (Wildman–Crippen LogP) is 6.39. The van der Waals surface area contributed by atoms with Crippen LogP contribution in [0.4, 0.5) is 4.79 Å². The summed E-state index contributed by atoms with van der Waals surface area (Å²) in [5.74, 6) is 0.192. The SMILES string of the molecule is CCOc1cc(OC)ccc1CN(CC(=O)N1CCCC(c2cccc(C(=O)NCCCCCCCC(=O)O)c2)C1)C(=O)OC(C)(C)C. The van der Waals surface area contributed by atoms with Crippen LogP contribution in [-0.4, -0.2) is 84.3 Å².